The number of hydrogen-bond donors (Lipinski definition) is 1. The summed E-state index contributed by atoms with van der Waals surface area (Å²) in [6.45, 7) is 6.42. The van der Waals surface area contributed by atoms with E-state index in [0.717, 1.165) is 24.2 Å². The van der Waals surface area contributed by atoms with E-state index in [1.807, 2.05) is 13.8 Å². The largest absolute Gasteiger partial charge is 0.367 e. The van der Waals surface area contributed by atoms with Gasteiger partial charge in [-0.25, -0.2) is 8.42 Å². The molecule has 22 heavy (non-hydrogen) atoms. The summed E-state index contributed by atoms with van der Waals surface area (Å²) in [6.07, 6.45) is 0.861. The molecule has 1 aromatic rings. The first-order valence-electron chi connectivity index (χ1n) is 7.33. The van der Waals surface area contributed by atoms with Gasteiger partial charge in [-0.1, -0.05) is 0 Å². The molecule has 120 valence electrons. The van der Waals surface area contributed by atoms with Gasteiger partial charge in [0, 0.05) is 19.6 Å². The number of aryl methyl sites for hydroxylation is 1. The molecule has 0 saturated carbocycles. The molecule has 1 aliphatic heterocycles. The van der Waals surface area contributed by atoms with Crippen LogP contribution in [0.15, 0.2) is 0 Å². The topological polar surface area (TPSA) is 99.0 Å². The fraction of sp³-hybridized carbons (Fsp3) is 0.643. The molecule has 0 bridgehead atoms. The molecular formula is C14H21N5O2S. The lowest BCUT2D eigenvalue weighted by molar-refractivity contribution is 0.294. The smallest absolute Gasteiger partial charge is 0.166 e. The van der Waals surface area contributed by atoms with Crippen molar-refractivity contribution in [1.82, 2.24) is 15.1 Å². The number of sulfone groups is 1. The van der Waals surface area contributed by atoms with Crippen LogP contribution in [0, 0.1) is 25.2 Å². The van der Waals surface area contributed by atoms with E-state index in [1.165, 1.54) is 0 Å². The molecule has 1 aliphatic rings. The Morgan fingerprint density at radius 2 is 1.95 bits per heavy atom. The quantitative estimate of drug-likeness (QED) is 0.788. The second kappa shape index (κ2) is 7.03. The molecule has 2 heterocycles. The molecule has 1 fully saturated rings. The van der Waals surface area contributed by atoms with Gasteiger partial charge in [-0.05, 0) is 32.4 Å². The number of nitrogens with zero attached hydrogens (tertiary/aromatic N) is 4. The van der Waals surface area contributed by atoms with Crippen molar-refractivity contribution in [3.05, 3.63) is 16.8 Å². The molecule has 8 heteroatoms. The maximum atomic E-state index is 11.4. The molecule has 0 spiro atoms. The van der Waals surface area contributed by atoms with E-state index < -0.39 is 9.84 Å². The van der Waals surface area contributed by atoms with E-state index in [-0.39, 0.29) is 11.5 Å². The first kappa shape index (κ1) is 16.6. The van der Waals surface area contributed by atoms with Crippen LogP contribution in [0.5, 0.6) is 0 Å². The van der Waals surface area contributed by atoms with Gasteiger partial charge in [-0.3, -0.25) is 0 Å². The number of rotatable bonds is 5. The third-order valence-electron chi connectivity index (χ3n) is 3.95. The van der Waals surface area contributed by atoms with Crippen LogP contribution < -0.4 is 5.32 Å². The van der Waals surface area contributed by atoms with Crippen molar-refractivity contribution in [2.45, 2.75) is 20.3 Å². The minimum absolute atomic E-state index is 0.252. The van der Waals surface area contributed by atoms with Crippen LogP contribution in [-0.2, 0) is 9.84 Å². The van der Waals surface area contributed by atoms with Gasteiger partial charge in [0.25, 0.3) is 0 Å². The second-order valence-corrected chi connectivity index (χ2v) is 7.82. The Hall–Kier alpha value is -1.72. The van der Waals surface area contributed by atoms with E-state index in [9.17, 15) is 13.7 Å². The Balaban J connectivity index is 1.81. The van der Waals surface area contributed by atoms with Gasteiger partial charge in [0.05, 0.1) is 17.2 Å². The zero-order chi connectivity index (χ0) is 16.2. The van der Waals surface area contributed by atoms with Crippen LogP contribution in [0.3, 0.4) is 0 Å². The average molecular weight is 323 g/mol. The summed E-state index contributed by atoms with van der Waals surface area (Å²) in [6, 6.07) is 2.16. The van der Waals surface area contributed by atoms with Gasteiger partial charge in [0.1, 0.15) is 11.6 Å². The monoisotopic (exact) mass is 323 g/mol. The van der Waals surface area contributed by atoms with Crippen LogP contribution in [-0.4, -0.2) is 61.2 Å². The molecule has 0 radical (unpaired) electrons. The maximum Gasteiger partial charge on any atom is 0.166 e. The summed E-state index contributed by atoms with van der Waals surface area (Å²) in [5.74, 6) is 1.02. The third-order valence-corrected chi connectivity index (χ3v) is 5.56. The Labute approximate surface area is 131 Å². The van der Waals surface area contributed by atoms with E-state index in [4.69, 9.17) is 0 Å². The Bertz CT molecular complexity index is 667. The molecule has 0 atom stereocenters. The highest BCUT2D eigenvalue weighted by molar-refractivity contribution is 7.91. The number of nitriles is 1. The zero-order valence-electron chi connectivity index (χ0n) is 13.0. The Morgan fingerprint density at radius 3 is 2.59 bits per heavy atom. The predicted molar refractivity (Wildman–Crippen MR) is 84.4 cm³/mol. The highest BCUT2D eigenvalue weighted by atomic mass is 32.2. The van der Waals surface area contributed by atoms with Gasteiger partial charge in [0.15, 0.2) is 15.7 Å². The highest BCUT2D eigenvalue weighted by Crippen LogP contribution is 2.16. The van der Waals surface area contributed by atoms with E-state index in [1.54, 1.807) is 0 Å². The van der Waals surface area contributed by atoms with Crippen molar-refractivity contribution in [1.29, 1.82) is 5.26 Å². The Morgan fingerprint density at radius 1 is 1.27 bits per heavy atom. The lowest BCUT2D eigenvalue weighted by Crippen LogP contribution is -2.41. The fourth-order valence-corrected chi connectivity index (χ4v) is 3.63. The summed E-state index contributed by atoms with van der Waals surface area (Å²) in [7, 11) is -2.82. The number of nitrogens with one attached hydrogen (secondary N) is 1. The normalized spacial score (nSPS) is 17.9. The van der Waals surface area contributed by atoms with Crippen LogP contribution >= 0.6 is 0 Å². The Kier molecular flexibility index (Phi) is 5.32. The second-order valence-electron chi connectivity index (χ2n) is 5.52. The van der Waals surface area contributed by atoms with E-state index >= 15 is 0 Å². The predicted octanol–water partition coefficient (Wildman–Crippen LogP) is 0.498. The molecule has 0 unspecified atom stereocenters. The standard InChI is InChI=1S/C14H21N5O2S/c1-11-12(2)17-18-14(13(11)10-15)16-4-3-5-19-6-8-22(20,21)9-7-19/h3-9H2,1-2H3,(H,16,18). The lowest BCUT2D eigenvalue weighted by Gasteiger charge is -2.26. The molecule has 0 aliphatic carbocycles. The van der Waals surface area contributed by atoms with E-state index in [0.29, 0.717) is 31.0 Å². The summed E-state index contributed by atoms with van der Waals surface area (Å²) in [5.41, 5.74) is 2.15. The molecular weight excluding hydrogens is 302 g/mol. The van der Waals surface area contributed by atoms with Gasteiger partial charge < -0.3 is 10.2 Å². The first-order valence-corrected chi connectivity index (χ1v) is 9.16. The van der Waals surface area contributed by atoms with Gasteiger partial charge in [0.2, 0.25) is 0 Å². The average Bonchev–Trinajstić information content (AvgIpc) is 2.48. The van der Waals surface area contributed by atoms with Crippen molar-refractivity contribution < 1.29 is 8.42 Å². The minimum Gasteiger partial charge on any atom is -0.367 e. The van der Waals surface area contributed by atoms with Crippen molar-refractivity contribution in [2.24, 2.45) is 0 Å². The van der Waals surface area contributed by atoms with E-state index in [2.05, 4.69) is 26.5 Å². The van der Waals surface area contributed by atoms with Gasteiger partial charge >= 0.3 is 0 Å². The van der Waals surface area contributed by atoms with Crippen molar-refractivity contribution in [2.75, 3.05) is 43.0 Å². The van der Waals surface area contributed by atoms with Gasteiger partial charge in [-0.2, -0.15) is 10.4 Å². The van der Waals surface area contributed by atoms with Crippen molar-refractivity contribution in [3.8, 4) is 6.07 Å². The first-order chi connectivity index (χ1) is 10.4. The van der Waals surface area contributed by atoms with Crippen LogP contribution in [0.4, 0.5) is 5.82 Å². The van der Waals surface area contributed by atoms with Crippen molar-refractivity contribution >= 4 is 15.7 Å². The minimum atomic E-state index is -2.82. The van der Waals surface area contributed by atoms with Gasteiger partial charge in [-0.15, -0.1) is 5.10 Å². The molecule has 1 aromatic heterocycles. The number of hydrogen-bond acceptors (Lipinski definition) is 7. The third kappa shape index (κ3) is 4.15. The molecule has 1 N–H and O–H groups in total. The highest BCUT2D eigenvalue weighted by Gasteiger charge is 2.20. The molecule has 1 saturated heterocycles. The number of anilines is 1. The lowest BCUT2D eigenvalue weighted by atomic mass is 10.1. The summed E-state index contributed by atoms with van der Waals surface area (Å²) < 4.78 is 22.7. The van der Waals surface area contributed by atoms with Crippen LogP contribution in [0.2, 0.25) is 0 Å². The summed E-state index contributed by atoms with van der Waals surface area (Å²) >= 11 is 0. The summed E-state index contributed by atoms with van der Waals surface area (Å²) in [5, 5.41) is 20.4. The maximum absolute atomic E-state index is 11.4. The van der Waals surface area contributed by atoms with Crippen LogP contribution in [0.1, 0.15) is 23.2 Å². The molecule has 0 aromatic carbocycles. The summed E-state index contributed by atoms with van der Waals surface area (Å²) in [4.78, 5) is 2.15. The molecule has 2 rings (SSSR count). The molecule has 7 nitrogen and oxygen atoms in total. The SMILES string of the molecule is Cc1nnc(NCCCN2CCS(=O)(=O)CC2)c(C#N)c1C. The molecule has 0 amide bonds. The van der Waals surface area contributed by atoms with Crippen molar-refractivity contribution in [3.63, 3.8) is 0 Å². The number of aromatic nitrogens is 2. The van der Waals surface area contributed by atoms with Crippen LogP contribution in [0.25, 0.3) is 0 Å². The fourth-order valence-electron chi connectivity index (χ4n) is 2.35. The zero-order valence-corrected chi connectivity index (χ0v) is 13.8.